The number of carbonyl (C=O) groups excluding carboxylic acids is 1. The van der Waals surface area contributed by atoms with Crippen LogP contribution in [0.5, 0.6) is 5.75 Å². The van der Waals surface area contributed by atoms with Crippen molar-refractivity contribution < 1.29 is 9.53 Å². The molecule has 0 spiro atoms. The van der Waals surface area contributed by atoms with E-state index in [-0.39, 0.29) is 5.69 Å². The summed E-state index contributed by atoms with van der Waals surface area (Å²) in [5, 5.41) is 3.06. The highest BCUT2D eigenvalue weighted by Crippen LogP contribution is 2.30. The Morgan fingerprint density at radius 2 is 2.05 bits per heavy atom. The fourth-order valence-electron chi connectivity index (χ4n) is 1.75. The summed E-state index contributed by atoms with van der Waals surface area (Å²) in [4.78, 5) is 15.3. The van der Waals surface area contributed by atoms with E-state index >= 15 is 0 Å². The third-order valence-corrected chi connectivity index (χ3v) is 2.79. The number of aromatic nitrogens is 1. The quantitative estimate of drug-likeness (QED) is 0.787. The first-order chi connectivity index (χ1) is 9.51. The van der Waals surface area contributed by atoms with Gasteiger partial charge in [-0.1, -0.05) is 6.07 Å². The predicted molar refractivity (Wildman–Crippen MR) is 78.2 cm³/mol. The second-order valence-electron chi connectivity index (χ2n) is 4.33. The number of pyridine rings is 1. The lowest BCUT2D eigenvalue weighted by Crippen LogP contribution is -2.14. The van der Waals surface area contributed by atoms with Crippen LogP contribution in [0.3, 0.4) is 0 Å². The number of rotatable bonds is 4. The molecule has 1 amide bonds. The van der Waals surface area contributed by atoms with Gasteiger partial charge in [0.1, 0.15) is 11.4 Å². The molecule has 1 aromatic carbocycles. The van der Waals surface area contributed by atoms with Crippen LogP contribution in [0.25, 0.3) is 0 Å². The monoisotopic (exact) mass is 272 g/mol. The Bertz CT molecular complexity index is 656. The molecule has 0 saturated carbocycles. The number of carbonyl (C=O) groups is 1. The lowest BCUT2D eigenvalue weighted by Gasteiger charge is -2.13. The van der Waals surface area contributed by atoms with Crippen LogP contribution in [0, 0.1) is 6.92 Å². The van der Waals surface area contributed by atoms with Gasteiger partial charge in [-0.15, -0.1) is 0 Å². The van der Waals surface area contributed by atoms with Gasteiger partial charge in [0.15, 0.2) is 5.82 Å². The number of hydrogen-bond acceptors (Lipinski definition) is 5. The zero-order valence-electron chi connectivity index (χ0n) is 11.3. The van der Waals surface area contributed by atoms with Crippen molar-refractivity contribution in [1.82, 2.24) is 4.98 Å². The van der Waals surface area contributed by atoms with Crippen molar-refractivity contribution in [1.29, 1.82) is 0 Å². The molecule has 6 heteroatoms. The first-order valence-electron chi connectivity index (χ1n) is 5.99. The van der Waals surface area contributed by atoms with E-state index in [0.29, 0.717) is 22.9 Å². The molecule has 0 aliphatic heterocycles. The molecule has 0 aliphatic carbocycles. The number of aryl methyl sites for hydroxylation is 1. The number of primary amides is 1. The van der Waals surface area contributed by atoms with Gasteiger partial charge in [-0.2, -0.15) is 0 Å². The van der Waals surface area contributed by atoms with Crippen molar-refractivity contribution in [3.8, 4) is 5.75 Å². The molecule has 0 radical (unpaired) electrons. The van der Waals surface area contributed by atoms with Gasteiger partial charge in [0, 0.05) is 0 Å². The Morgan fingerprint density at radius 1 is 1.30 bits per heavy atom. The van der Waals surface area contributed by atoms with Crippen molar-refractivity contribution in [3.63, 3.8) is 0 Å². The second kappa shape index (κ2) is 5.48. The summed E-state index contributed by atoms with van der Waals surface area (Å²) in [5.74, 6) is 0.413. The number of nitrogens with two attached hydrogens (primary N) is 2. The van der Waals surface area contributed by atoms with Crippen molar-refractivity contribution in [3.05, 3.63) is 41.6 Å². The summed E-state index contributed by atoms with van der Waals surface area (Å²) >= 11 is 0. The number of anilines is 3. The molecule has 0 bridgehead atoms. The summed E-state index contributed by atoms with van der Waals surface area (Å²) in [6, 6.07) is 8.73. The van der Waals surface area contributed by atoms with Crippen LogP contribution in [0.4, 0.5) is 17.2 Å². The van der Waals surface area contributed by atoms with Crippen LogP contribution in [0.2, 0.25) is 0 Å². The Kier molecular flexibility index (Phi) is 3.74. The lowest BCUT2D eigenvalue weighted by atomic mass is 10.2. The van der Waals surface area contributed by atoms with Crippen LogP contribution in [-0.2, 0) is 0 Å². The normalized spacial score (nSPS) is 10.1. The Balaban J connectivity index is 2.41. The molecule has 2 aromatic rings. The van der Waals surface area contributed by atoms with Crippen molar-refractivity contribution in [2.45, 2.75) is 6.92 Å². The standard InChI is InChI=1S/C14H16N4O2/c1-8-3-6-12(20-2)11(7-8)18-14-9(15)4-5-10(17-14)13(16)19/h3-7H,15H2,1-2H3,(H2,16,19)(H,17,18). The SMILES string of the molecule is COc1ccc(C)cc1Nc1nc(C(N)=O)ccc1N. The van der Waals surface area contributed by atoms with E-state index in [0.717, 1.165) is 5.56 Å². The van der Waals surface area contributed by atoms with E-state index in [1.807, 2.05) is 25.1 Å². The Labute approximate surface area is 116 Å². The topological polar surface area (TPSA) is 103 Å². The number of nitrogens with zero attached hydrogens (tertiary/aromatic N) is 1. The van der Waals surface area contributed by atoms with Gasteiger partial charge >= 0.3 is 0 Å². The van der Waals surface area contributed by atoms with E-state index in [1.165, 1.54) is 6.07 Å². The zero-order valence-corrected chi connectivity index (χ0v) is 11.3. The van der Waals surface area contributed by atoms with Crippen LogP contribution in [0.15, 0.2) is 30.3 Å². The highest BCUT2D eigenvalue weighted by molar-refractivity contribution is 5.92. The molecule has 6 nitrogen and oxygen atoms in total. The maximum Gasteiger partial charge on any atom is 0.267 e. The Hall–Kier alpha value is -2.76. The molecule has 2 rings (SSSR count). The Morgan fingerprint density at radius 3 is 2.70 bits per heavy atom. The molecule has 5 N–H and O–H groups in total. The number of nitrogen functional groups attached to an aromatic ring is 1. The first-order valence-corrected chi connectivity index (χ1v) is 5.99. The van der Waals surface area contributed by atoms with Crippen molar-refractivity contribution >= 4 is 23.1 Å². The van der Waals surface area contributed by atoms with E-state index < -0.39 is 5.91 Å². The van der Waals surface area contributed by atoms with Gasteiger partial charge in [0.05, 0.1) is 18.5 Å². The zero-order chi connectivity index (χ0) is 14.7. The number of methoxy groups -OCH3 is 1. The fraction of sp³-hybridized carbons (Fsp3) is 0.143. The summed E-state index contributed by atoms with van der Waals surface area (Å²) in [7, 11) is 1.58. The van der Waals surface area contributed by atoms with E-state index in [4.69, 9.17) is 16.2 Å². The number of amides is 1. The number of nitrogens with one attached hydrogen (secondary N) is 1. The molecule has 20 heavy (non-hydrogen) atoms. The predicted octanol–water partition coefficient (Wildman–Crippen LogP) is 1.82. The molecule has 104 valence electrons. The van der Waals surface area contributed by atoms with Gasteiger partial charge in [-0.3, -0.25) is 4.79 Å². The van der Waals surface area contributed by atoms with Crippen LogP contribution >= 0.6 is 0 Å². The molecule has 1 heterocycles. The average molecular weight is 272 g/mol. The van der Waals surface area contributed by atoms with Crippen molar-refractivity contribution in [2.75, 3.05) is 18.2 Å². The highest BCUT2D eigenvalue weighted by atomic mass is 16.5. The maximum atomic E-state index is 11.2. The minimum Gasteiger partial charge on any atom is -0.495 e. The number of benzene rings is 1. The molecule has 1 aromatic heterocycles. The molecule has 0 saturated heterocycles. The van der Waals surface area contributed by atoms with Gasteiger partial charge in [0.25, 0.3) is 5.91 Å². The fourth-order valence-corrected chi connectivity index (χ4v) is 1.75. The summed E-state index contributed by atoms with van der Waals surface area (Å²) in [5.41, 5.74) is 13.4. The number of hydrogen-bond donors (Lipinski definition) is 3. The smallest absolute Gasteiger partial charge is 0.267 e. The first kappa shape index (κ1) is 13.7. The molecule has 0 fully saturated rings. The van der Waals surface area contributed by atoms with Crippen LogP contribution in [-0.4, -0.2) is 18.0 Å². The summed E-state index contributed by atoms with van der Waals surface area (Å²) in [6.07, 6.45) is 0. The molecular formula is C14H16N4O2. The minimum atomic E-state index is -0.607. The third kappa shape index (κ3) is 2.80. The van der Waals surface area contributed by atoms with Gasteiger partial charge in [-0.05, 0) is 36.8 Å². The van der Waals surface area contributed by atoms with E-state index in [9.17, 15) is 4.79 Å². The third-order valence-electron chi connectivity index (χ3n) is 2.79. The van der Waals surface area contributed by atoms with Crippen LogP contribution in [0.1, 0.15) is 16.1 Å². The largest absolute Gasteiger partial charge is 0.495 e. The lowest BCUT2D eigenvalue weighted by molar-refractivity contribution is 0.0996. The summed E-state index contributed by atoms with van der Waals surface area (Å²) < 4.78 is 5.27. The number of ether oxygens (including phenoxy) is 1. The molecular weight excluding hydrogens is 256 g/mol. The van der Waals surface area contributed by atoms with E-state index in [2.05, 4.69) is 10.3 Å². The minimum absolute atomic E-state index is 0.147. The maximum absolute atomic E-state index is 11.2. The van der Waals surface area contributed by atoms with Crippen LogP contribution < -0.4 is 21.5 Å². The second-order valence-corrected chi connectivity index (χ2v) is 4.33. The van der Waals surface area contributed by atoms with Gasteiger partial charge in [0.2, 0.25) is 0 Å². The van der Waals surface area contributed by atoms with E-state index in [1.54, 1.807) is 13.2 Å². The highest BCUT2D eigenvalue weighted by Gasteiger charge is 2.10. The van der Waals surface area contributed by atoms with Crippen molar-refractivity contribution in [2.24, 2.45) is 5.73 Å². The molecule has 0 aliphatic rings. The summed E-state index contributed by atoms with van der Waals surface area (Å²) in [6.45, 7) is 1.96. The average Bonchev–Trinajstić information content (AvgIpc) is 2.41. The van der Waals surface area contributed by atoms with Gasteiger partial charge < -0.3 is 21.5 Å². The molecule has 0 unspecified atom stereocenters. The van der Waals surface area contributed by atoms with Gasteiger partial charge in [-0.25, -0.2) is 4.98 Å². The molecule has 0 atom stereocenters.